The minimum Gasteiger partial charge on any atom is -0.454 e. The molecule has 0 N–H and O–H groups in total. The van der Waals surface area contributed by atoms with Crippen LogP contribution in [0, 0.1) is 6.57 Å². The molecule has 0 aliphatic rings. The zero-order chi connectivity index (χ0) is 31.1. The standard InChI is InChI=1S/C43H25N3O/c1-44-35-17-11-21-39(46-37-19-9-5-14-29(37)30-15-6-10-20-38(30)46)41(35)27-22-25-40-34(26-27)33-24-23-32-31-16-7-8-18-36(31)45(42(32)43(33)47-40)28-12-3-2-4-13-28/h2-26H. The smallest absolute Gasteiger partial charge is 0.196 e. The Morgan fingerprint density at radius 1 is 0.489 bits per heavy atom. The van der Waals surface area contributed by atoms with Gasteiger partial charge in [0.25, 0.3) is 0 Å². The van der Waals surface area contributed by atoms with E-state index in [0.717, 1.165) is 71.9 Å². The fraction of sp³-hybridized carbons (Fsp3) is 0. The van der Waals surface area contributed by atoms with Crippen LogP contribution in [0.2, 0.25) is 0 Å². The Morgan fingerprint density at radius 2 is 1.11 bits per heavy atom. The van der Waals surface area contributed by atoms with E-state index in [2.05, 4.69) is 147 Å². The predicted molar refractivity (Wildman–Crippen MR) is 194 cm³/mol. The van der Waals surface area contributed by atoms with Crippen molar-refractivity contribution in [3.8, 4) is 22.5 Å². The quantitative estimate of drug-likeness (QED) is 0.186. The molecule has 10 aromatic rings. The molecule has 0 unspecified atom stereocenters. The van der Waals surface area contributed by atoms with Crippen molar-refractivity contribution in [2.45, 2.75) is 0 Å². The van der Waals surface area contributed by atoms with E-state index in [9.17, 15) is 0 Å². The molecule has 47 heavy (non-hydrogen) atoms. The summed E-state index contributed by atoms with van der Waals surface area (Å²) >= 11 is 0. The van der Waals surface area contributed by atoms with E-state index in [1.165, 1.54) is 16.2 Å². The molecular weight excluding hydrogens is 574 g/mol. The average molecular weight is 600 g/mol. The molecule has 4 heteroatoms. The summed E-state index contributed by atoms with van der Waals surface area (Å²) in [7, 11) is 0. The van der Waals surface area contributed by atoms with Crippen LogP contribution >= 0.6 is 0 Å². The molecule has 3 heterocycles. The van der Waals surface area contributed by atoms with Gasteiger partial charge in [0.2, 0.25) is 0 Å². The van der Waals surface area contributed by atoms with E-state index in [1.54, 1.807) is 0 Å². The molecule has 10 rings (SSSR count). The maximum absolute atomic E-state index is 8.19. The first-order valence-corrected chi connectivity index (χ1v) is 15.7. The van der Waals surface area contributed by atoms with Gasteiger partial charge in [-0.2, -0.15) is 0 Å². The van der Waals surface area contributed by atoms with Gasteiger partial charge >= 0.3 is 0 Å². The molecule has 0 saturated carbocycles. The molecule has 0 fully saturated rings. The first-order chi connectivity index (χ1) is 23.3. The summed E-state index contributed by atoms with van der Waals surface area (Å²) in [5.41, 5.74) is 10.7. The second-order valence-corrected chi connectivity index (χ2v) is 12.0. The fourth-order valence-electron chi connectivity index (χ4n) is 7.57. The highest BCUT2D eigenvalue weighted by Gasteiger charge is 2.21. The molecule has 0 saturated heterocycles. The van der Waals surface area contributed by atoms with Crippen molar-refractivity contribution in [3.05, 3.63) is 163 Å². The van der Waals surface area contributed by atoms with Crippen LogP contribution < -0.4 is 0 Å². The second kappa shape index (κ2) is 9.71. The van der Waals surface area contributed by atoms with Crippen LogP contribution in [0.3, 0.4) is 0 Å². The van der Waals surface area contributed by atoms with E-state index < -0.39 is 0 Å². The lowest BCUT2D eigenvalue weighted by atomic mass is 9.98. The predicted octanol–water partition coefficient (Wildman–Crippen LogP) is 12.0. The van der Waals surface area contributed by atoms with Crippen LogP contribution in [0.5, 0.6) is 0 Å². The van der Waals surface area contributed by atoms with Gasteiger partial charge in [-0.25, -0.2) is 4.85 Å². The normalized spacial score (nSPS) is 11.8. The molecule has 0 amide bonds. The monoisotopic (exact) mass is 599 g/mol. The Bertz CT molecular complexity index is 2860. The molecule has 0 radical (unpaired) electrons. The van der Waals surface area contributed by atoms with Crippen LogP contribution in [0.4, 0.5) is 5.69 Å². The van der Waals surface area contributed by atoms with Gasteiger partial charge in [0.15, 0.2) is 11.3 Å². The summed E-state index contributed by atoms with van der Waals surface area (Å²) in [6.45, 7) is 8.19. The third-order valence-electron chi connectivity index (χ3n) is 9.54. The minimum absolute atomic E-state index is 0.614. The van der Waals surface area contributed by atoms with Gasteiger partial charge in [-0.05, 0) is 60.2 Å². The average Bonchev–Trinajstić information content (AvgIpc) is 3.79. The summed E-state index contributed by atoms with van der Waals surface area (Å²) in [5.74, 6) is 0. The Hall–Kier alpha value is -6.57. The number of hydrogen-bond donors (Lipinski definition) is 0. The maximum Gasteiger partial charge on any atom is 0.196 e. The van der Waals surface area contributed by atoms with Crippen LogP contribution in [-0.4, -0.2) is 9.13 Å². The zero-order valence-corrected chi connectivity index (χ0v) is 25.2. The van der Waals surface area contributed by atoms with E-state index in [4.69, 9.17) is 11.0 Å². The van der Waals surface area contributed by atoms with Gasteiger partial charge in [-0.1, -0.05) is 97.1 Å². The molecule has 7 aromatic carbocycles. The van der Waals surface area contributed by atoms with Crippen molar-refractivity contribution < 1.29 is 4.42 Å². The van der Waals surface area contributed by atoms with Gasteiger partial charge in [0.1, 0.15) is 5.58 Å². The van der Waals surface area contributed by atoms with Crippen LogP contribution in [0.25, 0.3) is 92.9 Å². The number of benzene rings is 7. The summed E-state index contributed by atoms with van der Waals surface area (Å²) in [6, 6.07) is 52.8. The minimum atomic E-state index is 0.614. The molecule has 0 aliphatic heterocycles. The molecule has 3 aromatic heterocycles. The number of rotatable bonds is 3. The van der Waals surface area contributed by atoms with Crippen LogP contribution in [0.1, 0.15) is 0 Å². The number of nitrogens with zero attached hydrogens (tertiary/aromatic N) is 3. The largest absolute Gasteiger partial charge is 0.454 e. The van der Waals surface area contributed by atoms with Crippen LogP contribution in [0.15, 0.2) is 156 Å². The Kier molecular flexibility index (Phi) is 5.32. The Morgan fingerprint density at radius 3 is 1.81 bits per heavy atom. The molecule has 0 spiro atoms. The number of furan rings is 1. The SMILES string of the molecule is [C-]#[N+]c1cccc(-n2c3ccccc3c3ccccc32)c1-c1ccc2oc3c(ccc4c5ccccc5n(-c5ccccc5)c43)c2c1. The number of aromatic nitrogens is 2. The topological polar surface area (TPSA) is 27.4 Å². The van der Waals surface area contributed by atoms with Gasteiger partial charge in [-0.3, -0.25) is 0 Å². The zero-order valence-electron chi connectivity index (χ0n) is 25.2. The van der Waals surface area contributed by atoms with E-state index >= 15 is 0 Å². The lowest BCUT2D eigenvalue weighted by molar-refractivity contribution is 0.671. The third-order valence-corrected chi connectivity index (χ3v) is 9.54. The number of hydrogen-bond acceptors (Lipinski definition) is 1. The maximum atomic E-state index is 8.19. The van der Waals surface area contributed by atoms with Crippen molar-refractivity contribution in [2.24, 2.45) is 0 Å². The summed E-state index contributed by atoms with van der Waals surface area (Å²) in [4.78, 5) is 4.03. The number of para-hydroxylation sites is 4. The Balaban J connectivity index is 1.27. The van der Waals surface area contributed by atoms with Gasteiger partial charge in [-0.15, -0.1) is 0 Å². The third kappa shape index (κ3) is 3.57. The van der Waals surface area contributed by atoms with Crippen molar-refractivity contribution in [3.63, 3.8) is 0 Å². The second-order valence-electron chi connectivity index (χ2n) is 12.0. The lowest BCUT2D eigenvalue weighted by Gasteiger charge is -2.16. The van der Waals surface area contributed by atoms with Gasteiger partial charge in [0.05, 0.1) is 28.6 Å². The highest BCUT2D eigenvalue weighted by molar-refractivity contribution is 6.22. The lowest BCUT2D eigenvalue weighted by Crippen LogP contribution is -1.97. The van der Waals surface area contributed by atoms with Gasteiger partial charge in [0, 0.05) is 49.3 Å². The number of fused-ring (bicyclic) bond motifs is 10. The van der Waals surface area contributed by atoms with Crippen molar-refractivity contribution >= 4 is 71.2 Å². The van der Waals surface area contributed by atoms with Crippen molar-refractivity contribution in [2.75, 3.05) is 0 Å². The molecule has 0 aliphatic carbocycles. The molecule has 218 valence electrons. The van der Waals surface area contributed by atoms with Gasteiger partial charge < -0.3 is 13.6 Å². The van der Waals surface area contributed by atoms with Crippen LogP contribution in [-0.2, 0) is 0 Å². The first kappa shape index (κ1) is 25.7. The molecule has 4 nitrogen and oxygen atoms in total. The van der Waals surface area contributed by atoms with Crippen molar-refractivity contribution in [1.82, 2.24) is 9.13 Å². The first-order valence-electron chi connectivity index (χ1n) is 15.7. The molecule has 0 atom stereocenters. The summed E-state index contributed by atoms with van der Waals surface area (Å²) < 4.78 is 11.3. The summed E-state index contributed by atoms with van der Waals surface area (Å²) in [5, 5.41) is 6.80. The Labute approximate surface area is 269 Å². The summed E-state index contributed by atoms with van der Waals surface area (Å²) in [6.07, 6.45) is 0. The molecular formula is C43H25N3O. The molecule has 0 bridgehead atoms. The highest BCUT2D eigenvalue weighted by atomic mass is 16.3. The fourth-order valence-corrected chi connectivity index (χ4v) is 7.57. The highest BCUT2D eigenvalue weighted by Crippen LogP contribution is 2.44. The van der Waals surface area contributed by atoms with Crippen molar-refractivity contribution in [1.29, 1.82) is 0 Å². The van der Waals surface area contributed by atoms with E-state index in [1.807, 2.05) is 18.2 Å². The van der Waals surface area contributed by atoms with E-state index in [-0.39, 0.29) is 0 Å². The van der Waals surface area contributed by atoms with E-state index in [0.29, 0.717) is 5.69 Å².